The minimum absolute atomic E-state index is 0.0698. The lowest BCUT2D eigenvalue weighted by Gasteiger charge is -2.14. The lowest BCUT2D eigenvalue weighted by molar-refractivity contribution is 0.540. The first-order chi connectivity index (χ1) is 14.3. The quantitative estimate of drug-likeness (QED) is 0.723. The van der Waals surface area contributed by atoms with Crippen LogP contribution < -0.4 is 11.0 Å². The SMILES string of the molecule is O=c1n(CC2CC2)c2nc(C3CCCC3)nc-2c2n1C[C@@H](Cc1ccccc1)N2. The van der Waals surface area contributed by atoms with Crippen molar-refractivity contribution in [2.24, 2.45) is 5.92 Å². The van der Waals surface area contributed by atoms with E-state index < -0.39 is 0 Å². The van der Waals surface area contributed by atoms with Gasteiger partial charge >= 0.3 is 5.69 Å². The minimum atomic E-state index is 0.0698. The van der Waals surface area contributed by atoms with Crippen molar-refractivity contribution in [1.29, 1.82) is 0 Å². The number of anilines is 1. The van der Waals surface area contributed by atoms with E-state index in [1.54, 1.807) is 0 Å². The van der Waals surface area contributed by atoms with Gasteiger partial charge in [-0.1, -0.05) is 43.2 Å². The summed E-state index contributed by atoms with van der Waals surface area (Å²) in [6, 6.07) is 10.7. The van der Waals surface area contributed by atoms with Crippen molar-refractivity contribution in [3.63, 3.8) is 0 Å². The largest absolute Gasteiger partial charge is 0.365 e. The van der Waals surface area contributed by atoms with E-state index >= 15 is 0 Å². The van der Waals surface area contributed by atoms with E-state index in [1.807, 2.05) is 15.2 Å². The van der Waals surface area contributed by atoms with Crippen LogP contribution in [0, 0.1) is 5.92 Å². The Bertz CT molecular complexity index is 1060. The van der Waals surface area contributed by atoms with Crippen LogP contribution in [0.3, 0.4) is 0 Å². The standard InChI is InChI=1S/C23H27N5O/c29-23-27(13-16-10-11-16)22-19(25-20(26-22)17-8-4-5-9-17)21-24-18(14-28(21)23)12-15-6-2-1-3-7-15/h1-3,6-7,16-18,24H,4-5,8-14H2/t18-/m1/s1. The van der Waals surface area contributed by atoms with Crippen molar-refractivity contribution in [2.45, 2.75) is 70.0 Å². The van der Waals surface area contributed by atoms with Crippen molar-refractivity contribution < 1.29 is 0 Å². The maximum absolute atomic E-state index is 13.4. The smallest absolute Gasteiger partial charge is 0.331 e. The normalized spacial score (nSPS) is 21.6. The monoisotopic (exact) mass is 389 g/mol. The molecular weight excluding hydrogens is 362 g/mol. The van der Waals surface area contributed by atoms with Gasteiger partial charge in [0.1, 0.15) is 17.3 Å². The van der Waals surface area contributed by atoms with E-state index in [2.05, 4.69) is 29.6 Å². The highest BCUT2D eigenvalue weighted by Gasteiger charge is 2.35. The van der Waals surface area contributed by atoms with Crippen LogP contribution in [0.1, 0.15) is 55.8 Å². The number of hydrogen-bond donors (Lipinski definition) is 1. The Labute approximate surface area is 170 Å². The van der Waals surface area contributed by atoms with Gasteiger partial charge < -0.3 is 5.32 Å². The van der Waals surface area contributed by atoms with Crippen LogP contribution in [-0.4, -0.2) is 25.1 Å². The molecule has 2 aliphatic carbocycles. The maximum atomic E-state index is 13.4. The number of nitrogens with zero attached hydrogens (tertiary/aromatic N) is 4. The predicted molar refractivity (Wildman–Crippen MR) is 112 cm³/mol. The number of nitrogens with one attached hydrogen (secondary N) is 1. The number of fused-ring (bicyclic) bond motifs is 3. The van der Waals surface area contributed by atoms with Crippen LogP contribution in [0.25, 0.3) is 11.5 Å². The summed E-state index contributed by atoms with van der Waals surface area (Å²) >= 11 is 0. The molecule has 1 atom stereocenters. The zero-order chi connectivity index (χ0) is 19.4. The third kappa shape index (κ3) is 3.05. The first-order valence-electron chi connectivity index (χ1n) is 11.1. The Morgan fingerprint density at radius 1 is 1.03 bits per heavy atom. The zero-order valence-electron chi connectivity index (χ0n) is 16.7. The molecule has 0 spiro atoms. The van der Waals surface area contributed by atoms with Gasteiger partial charge in [0.25, 0.3) is 0 Å². The highest BCUT2D eigenvalue weighted by molar-refractivity contribution is 5.70. The second kappa shape index (κ2) is 6.71. The predicted octanol–water partition coefficient (Wildman–Crippen LogP) is 3.65. The van der Waals surface area contributed by atoms with Gasteiger partial charge in [0.2, 0.25) is 0 Å². The maximum Gasteiger partial charge on any atom is 0.331 e. The van der Waals surface area contributed by atoms with Gasteiger partial charge in [-0.25, -0.2) is 14.8 Å². The molecule has 0 amide bonds. The third-order valence-electron chi connectivity index (χ3n) is 6.80. The third-order valence-corrected chi connectivity index (χ3v) is 6.80. The molecule has 0 bridgehead atoms. The molecule has 5 aliphatic rings. The highest BCUT2D eigenvalue weighted by atomic mass is 16.1. The average molecular weight is 390 g/mol. The topological polar surface area (TPSA) is 64.7 Å². The van der Waals surface area contributed by atoms with Crippen LogP contribution in [0.15, 0.2) is 35.1 Å². The summed E-state index contributed by atoms with van der Waals surface area (Å²) in [7, 11) is 0. The fourth-order valence-corrected chi connectivity index (χ4v) is 5.04. The Morgan fingerprint density at radius 3 is 2.59 bits per heavy atom. The molecule has 1 N–H and O–H groups in total. The number of aromatic nitrogens is 4. The molecule has 2 saturated carbocycles. The molecule has 6 rings (SSSR count). The number of rotatable bonds is 5. The molecule has 1 aromatic rings. The van der Waals surface area contributed by atoms with Crippen LogP contribution in [-0.2, 0) is 19.5 Å². The van der Waals surface area contributed by atoms with Gasteiger partial charge in [-0.2, -0.15) is 0 Å². The van der Waals surface area contributed by atoms with Crippen molar-refractivity contribution in [3.05, 3.63) is 52.2 Å². The molecule has 6 heteroatoms. The van der Waals surface area contributed by atoms with Gasteiger partial charge in [-0.05, 0) is 43.6 Å². The second-order valence-corrected chi connectivity index (χ2v) is 9.06. The summed E-state index contributed by atoms with van der Waals surface area (Å²) in [6.07, 6.45) is 8.19. The molecular formula is C23H27N5O. The van der Waals surface area contributed by atoms with Gasteiger partial charge in [-0.3, -0.25) is 9.13 Å². The summed E-state index contributed by atoms with van der Waals surface area (Å²) in [6.45, 7) is 1.47. The molecule has 0 saturated heterocycles. The van der Waals surface area contributed by atoms with Gasteiger partial charge in [0.15, 0.2) is 5.82 Å². The summed E-state index contributed by atoms with van der Waals surface area (Å²) in [5.74, 6) is 3.69. The van der Waals surface area contributed by atoms with E-state index in [4.69, 9.17) is 9.97 Å². The molecule has 6 nitrogen and oxygen atoms in total. The second-order valence-electron chi connectivity index (χ2n) is 9.06. The number of benzene rings is 1. The first kappa shape index (κ1) is 17.2. The van der Waals surface area contributed by atoms with E-state index in [0.717, 1.165) is 36.1 Å². The number of imidazole rings is 1. The first-order valence-corrected chi connectivity index (χ1v) is 11.1. The molecule has 29 heavy (non-hydrogen) atoms. The molecule has 150 valence electrons. The Morgan fingerprint density at radius 2 is 1.83 bits per heavy atom. The lowest BCUT2D eigenvalue weighted by atomic mass is 10.1. The minimum Gasteiger partial charge on any atom is -0.365 e. The molecule has 0 aromatic heterocycles. The van der Waals surface area contributed by atoms with E-state index in [9.17, 15) is 4.79 Å². The van der Waals surface area contributed by atoms with Crippen LogP contribution in [0.2, 0.25) is 0 Å². The molecule has 0 radical (unpaired) electrons. The summed E-state index contributed by atoms with van der Waals surface area (Å²) in [5, 5.41) is 3.61. The molecule has 2 fully saturated rings. The summed E-state index contributed by atoms with van der Waals surface area (Å²) in [5.41, 5.74) is 2.25. The Hall–Kier alpha value is -2.63. The Kier molecular flexibility index (Phi) is 3.99. The van der Waals surface area contributed by atoms with Gasteiger partial charge in [0, 0.05) is 25.0 Å². The molecule has 0 unspecified atom stereocenters. The summed E-state index contributed by atoms with van der Waals surface area (Å²) < 4.78 is 3.82. The van der Waals surface area contributed by atoms with Gasteiger partial charge in [0.05, 0.1) is 0 Å². The number of hydrogen-bond acceptors (Lipinski definition) is 4. The molecule has 3 aliphatic heterocycles. The van der Waals surface area contributed by atoms with Crippen molar-refractivity contribution >= 4 is 5.82 Å². The van der Waals surface area contributed by atoms with Crippen molar-refractivity contribution in [3.8, 4) is 11.5 Å². The molecule has 3 heterocycles. The van der Waals surface area contributed by atoms with Gasteiger partial charge in [-0.15, -0.1) is 0 Å². The highest BCUT2D eigenvalue weighted by Crippen LogP contribution is 2.38. The summed E-state index contributed by atoms with van der Waals surface area (Å²) in [4.78, 5) is 23.3. The van der Waals surface area contributed by atoms with Crippen LogP contribution >= 0.6 is 0 Å². The zero-order valence-corrected chi connectivity index (χ0v) is 16.7. The lowest BCUT2D eigenvalue weighted by Crippen LogP contribution is -2.33. The van der Waals surface area contributed by atoms with E-state index in [1.165, 1.54) is 44.1 Å². The molecule has 1 aromatic carbocycles. The fourth-order valence-electron chi connectivity index (χ4n) is 5.04. The van der Waals surface area contributed by atoms with Crippen LogP contribution in [0.5, 0.6) is 0 Å². The van der Waals surface area contributed by atoms with Crippen molar-refractivity contribution in [2.75, 3.05) is 5.32 Å². The van der Waals surface area contributed by atoms with E-state index in [0.29, 0.717) is 18.4 Å². The van der Waals surface area contributed by atoms with E-state index in [-0.39, 0.29) is 11.7 Å². The fraction of sp³-hybridized carbons (Fsp3) is 0.522. The Balaban J connectivity index is 1.41. The van der Waals surface area contributed by atoms with Crippen LogP contribution in [0.4, 0.5) is 5.82 Å². The van der Waals surface area contributed by atoms with Crippen molar-refractivity contribution in [1.82, 2.24) is 19.1 Å². The average Bonchev–Trinajstić information content (AvgIpc) is 3.15.